The quantitative estimate of drug-likeness (QED) is 0.905. The van der Waals surface area contributed by atoms with Crippen molar-refractivity contribution in [1.29, 1.82) is 0 Å². The summed E-state index contributed by atoms with van der Waals surface area (Å²) >= 11 is 0. The molecule has 2 heterocycles. The van der Waals surface area contributed by atoms with Gasteiger partial charge in [0.05, 0.1) is 12.7 Å². The minimum absolute atomic E-state index is 0.0554. The van der Waals surface area contributed by atoms with Gasteiger partial charge in [-0.15, -0.1) is 0 Å². The third-order valence-corrected chi connectivity index (χ3v) is 3.76. The number of aromatic nitrogens is 1. The Bertz CT molecular complexity index is 426. The standard InChI is InChI=1S/C15H24N2O2/c1-4-19-13-5-7-17(8-6-13)15-14(10-18)11(2)9-12(3)16-15/h9,13,18H,4-8,10H2,1-3H3. The van der Waals surface area contributed by atoms with Crippen molar-refractivity contribution in [2.75, 3.05) is 24.6 Å². The van der Waals surface area contributed by atoms with E-state index in [-0.39, 0.29) is 6.61 Å². The van der Waals surface area contributed by atoms with Crippen molar-refractivity contribution >= 4 is 5.82 Å². The number of hydrogen-bond acceptors (Lipinski definition) is 4. The van der Waals surface area contributed by atoms with E-state index in [1.165, 1.54) is 0 Å². The molecule has 0 radical (unpaired) electrons. The number of anilines is 1. The molecule has 0 aliphatic carbocycles. The molecule has 106 valence electrons. The molecule has 0 spiro atoms. The van der Waals surface area contributed by atoms with Gasteiger partial charge in [-0.05, 0) is 45.2 Å². The first-order chi connectivity index (χ1) is 9.15. The average molecular weight is 264 g/mol. The van der Waals surface area contributed by atoms with Crippen LogP contribution in [-0.4, -0.2) is 35.9 Å². The Labute approximate surface area is 115 Å². The van der Waals surface area contributed by atoms with E-state index in [9.17, 15) is 5.11 Å². The van der Waals surface area contributed by atoms with Crippen molar-refractivity contribution in [3.05, 3.63) is 22.9 Å². The van der Waals surface area contributed by atoms with Crippen LogP contribution in [-0.2, 0) is 11.3 Å². The van der Waals surface area contributed by atoms with Gasteiger partial charge >= 0.3 is 0 Å². The number of rotatable bonds is 4. The normalized spacial score (nSPS) is 16.9. The second kappa shape index (κ2) is 6.35. The van der Waals surface area contributed by atoms with Crippen molar-refractivity contribution < 1.29 is 9.84 Å². The van der Waals surface area contributed by atoms with E-state index < -0.39 is 0 Å². The number of pyridine rings is 1. The first-order valence-corrected chi connectivity index (χ1v) is 7.10. The summed E-state index contributed by atoms with van der Waals surface area (Å²) in [6, 6.07) is 2.03. The van der Waals surface area contributed by atoms with Crippen molar-refractivity contribution in [3.63, 3.8) is 0 Å². The van der Waals surface area contributed by atoms with Crippen LogP contribution in [0.5, 0.6) is 0 Å². The molecule has 1 fully saturated rings. The van der Waals surface area contributed by atoms with Gasteiger partial charge in [-0.25, -0.2) is 4.98 Å². The largest absolute Gasteiger partial charge is 0.392 e. The van der Waals surface area contributed by atoms with Gasteiger partial charge in [0, 0.05) is 31.0 Å². The lowest BCUT2D eigenvalue weighted by Gasteiger charge is -2.34. The van der Waals surface area contributed by atoms with Gasteiger partial charge < -0.3 is 14.7 Å². The first kappa shape index (κ1) is 14.3. The Kier molecular flexibility index (Phi) is 4.77. The van der Waals surface area contributed by atoms with E-state index in [2.05, 4.69) is 9.88 Å². The number of aryl methyl sites for hydroxylation is 2. The molecule has 0 amide bonds. The van der Waals surface area contributed by atoms with Crippen LogP contribution in [0, 0.1) is 13.8 Å². The third kappa shape index (κ3) is 3.25. The molecule has 0 saturated carbocycles. The van der Waals surface area contributed by atoms with Crippen LogP contribution in [0.15, 0.2) is 6.07 Å². The second-order valence-corrected chi connectivity index (χ2v) is 5.18. The molecular weight excluding hydrogens is 240 g/mol. The summed E-state index contributed by atoms with van der Waals surface area (Å²) in [5.41, 5.74) is 3.09. The third-order valence-electron chi connectivity index (χ3n) is 3.76. The molecule has 0 aromatic carbocycles. The number of ether oxygens (including phenoxy) is 1. The summed E-state index contributed by atoms with van der Waals surface area (Å²) in [6.07, 6.45) is 2.45. The summed E-state index contributed by atoms with van der Waals surface area (Å²) in [7, 11) is 0. The highest BCUT2D eigenvalue weighted by molar-refractivity contribution is 5.51. The van der Waals surface area contributed by atoms with E-state index in [0.29, 0.717) is 6.10 Å². The predicted molar refractivity (Wildman–Crippen MR) is 76.5 cm³/mol. The lowest BCUT2D eigenvalue weighted by Crippen LogP contribution is -2.38. The number of hydrogen-bond donors (Lipinski definition) is 1. The fourth-order valence-electron chi connectivity index (χ4n) is 2.77. The van der Waals surface area contributed by atoms with Crippen LogP contribution in [0.3, 0.4) is 0 Å². The number of aliphatic hydroxyl groups is 1. The van der Waals surface area contributed by atoms with E-state index >= 15 is 0 Å². The monoisotopic (exact) mass is 264 g/mol. The van der Waals surface area contributed by atoms with E-state index in [1.807, 2.05) is 26.8 Å². The van der Waals surface area contributed by atoms with Crippen LogP contribution in [0.1, 0.15) is 36.6 Å². The molecule has 1 aromatic heterocycles. The number of aliphatic hydroxyl groups excluding tert-OH is 1. The summed E-state index contributed by atoms with van der Waals surface area (Å²) < 4.78 is 5.67. The van der Waals surface area contributed by atoms with Gasteiger partial charge in [0.25, 0.3) is 0 Å². The lowest BCUT2D eigenvalue weighted by molar-refractivity contribution is 0.0458. The molecule has 1 saturated heterocycles. The SMILES string of the molecule is CCOC1CCN(c2nc(C)cc(C)c2CO)CC1. The van der Waals surface area contributed by atoms with Gasteiger partial charge in [0.2, 0.25) is 0 Å². The van der Waals surface area contributed by atoms with Crippen molar-refractivity contribution in [2.45, 2.75) is 46.3 Å². The average Bonchev–Trinajstić information content (AvgIpc) is 2.39. The zero-order chi connectivity index (χ0) is 13.8. The van der Waals surface area contributed by atoms with E-state index in [1.54, 1.807) is 0 Å². The van der Waals surface area contributed by atoms with Gasteiger partial charge in [-0.3, -0.25) is 0 Å². The maximum atomic E-state index is 9.57. The highest BCUT2D eigenvalue weighted by Gasteiger charge is 2.22. The highest BCUT2D eigenvalue weighted by atomic mass is 16.5. The summed E-state index contributed by atoms with van der Waals surface area (Å²) in [6.45, 7) is 8.83. The maximum Gasteiger partial charge on any atom is 0.134 e. The van der Waals surface area contributed by atoms with Gasteiger partial charge in [0.1, 0.15) is 5.82 Å². The fourth-order valence-corrected chi connectivity index (χ4v) is 2.77. The first-order valence-electron chi connectivity index (χ1n) is 7.10. The van der Waals surface area contributed by atoms with Crippen molar-refractivity contribution in [2.24, 2.45) is 0 Å². The second-order valence-electron chi connectivity index (χ2n) is 5.18. The van der Waals surface area contributed by atoms with Crippen LogP contribution in [0.2, 0.25) is 0 Å². The topological polar surface area (TPSA) is 45.6 Å². The number of piperidine rings is 1. The fraction of sp³-hybridized carbons (Fsp3) is 0.667. The molecule has 4 nitrogen and oxygen atoms in total. The van der Waals surface area contributed by atoms with E-state index in [0.717, 1.165) is 55.2 Å². The molecule has 2 rings (SSSR count). The predicted octanol–water partition coefficient (Wildman–Crippen LogP) is 2.20. The summed E-state index contributed by atoms with van der Waals surface area (Å²) in [4.78, 5) is 6.90. The molecule has 0 atom stereocenters. The molecule has 0 unspecified atom stereocenters. The summed E-state index contributed by atoms with van der Waals surface area (Å²) in [5.74, 6) is 0.954. The molecule has 1 aliphatic rings. The van der Waals surface area contributed by atoms with Gasteiger partial charge in [-0.2, -0.15) is 0 Å². The smallest absolute Gasteiger partial charge is 0.134 e. The van der Waals surface area contributed by atoms with Crippen molar-refractivity contribution in [1.82, 2.24) is 4.98 Å². The van der Waals surface area contributed by atoms with Crippen LogP contribution in [0.25, 0.3) is 0 Å². The molecule has 1 aliphatic heterocycles. The molecule has 0 bridgehead atoms. The summed E-state index contributed by atoms with van der Waals surface area (Å²) in [5, 5.41) is 9.57. The maximum absolute atomic E-state index is 9.57. The minimum Gasteiger partial charge on any atom is -0.392 e. The zero-order valence-corrected chi connectivity index (χ0v) is 12.1. The molecule has 4 heteroatoms. The van der Waals surface area contributed by atoms with E-state index in [4.69, 9.17) is 4.74 Å². The highest BCUT2D eigenvalue weighted by Crippen LogP contribution is 2.26. The Balaban J connectivity index is 2.15. The van der Waals surface area contributed by atoms with Crippen LogP contribution in [0.4, 0.5) is 5.82 Å². The Morgan fingerprint density at radius 2 is 2.05 bits per heavy atom. The molecular formula is C15H24N2O2. The Morgan fingerprint density at radius 1 is 1.37 bits per heavy atom. The molecule has 19 heavy (non-hydrogen) atoms. The van der Waals surface area contributed by atoms with Crippen molar-refractivity contribution in [3.8, 4) is 0 Å². The van der Waals surface area contributed by atoms with Crippen LogP contribution >= 0.6 is 0 Å². The zero-order valence-electron chi connectivity index (χ0n) is 12.1. The van der Waals surface area contributed by atoms with Crippen LogP contribution < -0.4 is 4.90 Å². The van der Waals surface area contributed by atoms with Gasteiger partial charge in [-0.1, -0.05) is 0 Å². The Hall–Kier alpha value is -1.13. The molecule has 1 N–H and O–H groups in total. The molecule has 1 aromatic rings. The van der Waals surface area contributed by atoms with Gasteiger partial charge in [0.15, 0.2) is 0 Å². The number of nitrogens with zero attached hydrogens (tertiary/aromatic N) is 2. The Morgan fingerprint density at radius 3 is 2.63 bits per heavy atom. The minimum atomic E-state index is 0.0554. The lowest BCUT2D eigenvalue weighted by atomic mass is 10.0.